The number of amides is 2. The maximum absolute atomic E-state index is 12.6. The number of methoxy groups -OCH3 is 1. The normalized spacial score (nSPS) is 16.6. The maximum atomic E-state index is 12.6. The van der Waals surface area contributed by atoms with Crippen molar-refractivity contribution in [2.45, 2.75) is 31.5 Å². The highest BCUT2D eigenvalue weighted by Gasteiger charge is 2.34. The number of aliphatic hydroxyl groups excluding tert-OH is 1. The summed E-state index contributed by atoms with van der Waals surface area (Å²) in [5, 5.41) is 14.0. The standard InChI is InChI=1S/C28H30N2O5/c1-34-24-14-7-21(8-15-24)17-30-25(18-35-19-27(30)32)28(33)22-10-12-23(13-11-22)29-26(31)16-9-20-5-3-2-4-6-20/h2-8,10-15,25,28,33H,9,16-19H2,1H3,(H,29,31)/t25-,28-/m1/s1. The van der Waals surface area contributed by atoms with Crippen LogP contribution in [0.15, 0.2) is 78.9 Å². The first-order valence-corrected chi connectivity index (χ1v) is 11.7. The number of carbonyl (C=O) groups is 2. The fourth-order valence-electron chi connectivity index (χ4n) is 4.13. The molecule has 0 spiro atoms. The Labute approximate surface area is 205 Å². The molecule has 182 valence electrons. The first kappa shape index (κ1) is 24.4. The Balaban J connectivity index is 1.38. The van der Waals surface area contributed by atoms with Crippen LogP contribution >= 0.6 is 0 Å². The smallest absolute Gasteiger partial charge is 0.249 e. The lowest BCUT2D eigenvalue weighted by Crippen LogP contribution is -2.51. The average Bonchev–Trinajstić information content (AvgIpc) is 2.90. The van der Waals surface area contributed by atoms with Crippen LogP contribution in [-0.2, 0) is 27.3 Å². The molecule has 1 saturated heterocycles. The molecule has 2 N–H and O–H groups in total. The number of ether oxygens (including phenoxy) is 2. The summed E-state index contributed by atoms with van der Waals surface area (Å²) >= 11 is 0. The molecule has 1 aliphatic heterocycles. The first-order chi connectivity index (χ1) is 17.0. The molecule has 7 nitrogen and oxygen atoms in total. The highest BCUT2D eigenvalue weighted by molar-refractivity contribution is 5.90. The lowest BCUT2D eigenvalue weighted by atomic mass is 9.99. The van der Waals surface area contributed by atoms with Crippen LogP contribution in [0.25, 0.3) is 0 Å². The molecule has 0 bridgehead atoms. The van der Waals surface area contributed by atoms with Crippen molar-refractivity contribution in [3.8, 4) is 5.75 Å². The SMILES string of the molecule is COc1ccc(CN2C(=O)COC[C@@H]2[C@H](O)c2ccc(NC(=O)CCc3ccccc3)cc2)cc1. The highest BCUT2D eigenvalue weighted by Crippen LogP contribution is 2.27. The predicted molar refractivity (Wildman–Crippen MR) is 133 cm³/mol. The molecule has 3 aromatic rings. The summed E-state index contributed by atoms with van der Waals surface area (Å²) in [5.41, 5.74) is 3.36. The molecule has 2 amide bonds. The lowest BCUT2D eigenvalue weighted by molar-refractivity contribution is -0.155. The van der Waals surface area contributed by atoms with E-state index in [1.54, 1.807) is 36.3 Å². The van der Waals surface area contributed by atoms with Crippen LogP contribution in [0.4, 0.5) is 5.69 Å². The van der Waals surface area contributed by atoms with Crippen molar-refractivity contribution in [3.05, 3.63) is 95.6 Å². The first-order valence-electron chi connectivity index (χ1n) is 11.7. The largest absolute Gasteiger partial charge is 0.497 e. The number of hydrogen-bond acceptors (Lipinski definition) is 5. The Hall–Kier alpha value is -3.68. The van der Waals surface area contributed by atoms with Gasteiger partial charge in [0.05, 0.1) is 19.8 Å². The van der Waals surface area contributed by atoms with E-state index >= 15 is 0 Å². The van der Waals surface area contributed by atoms with Gasteiger partial charge in [0.15, 0.2) is 0 Å². The summed E-state index contributed by atoms with van der Waals surface area (Å²) in [6, 6.07) is 23.9. The van der Waals surface area contributed by atoms with Crippen LogP contribution in [0.5, 0.6) is 5.75 Å². The molecule has 1 fully saturated rings. The van der Waals surface area contributed by atoms with Gasteiger partial charge < -0.3 is 24.8 Å². The Morgan fingerprint density at radius 1 is 1.06 bits per heavy atom. The van der Waals surface area contributed by atoms with Crippen LogP contribution in [0.2, 0.25) is 0 Å². The third-order valence-corrected chi connectivity index (χ3v) is 6.13. The zero-order valence-electron chi connectivity index (χ0n) is 19.7. The number of rotatable bonds is 9. The summed E-state index contributed by atoms with van der Waals surface area (Å²) in [6.07, 6.45) is 0.125. The molecule has 4 rings (SSSR count). The van der Waals surface area contributed by atoms with Crippen LogP contribution < -0.4 is 10.1 Å². The Morgan fingerprint density at radius 3 is 2.46 bits per heavy atom. The van der Waals surface area contributed by atoms with Gasteiger partial charge in [0, 0.05) is 18.7 Å². The molecule has 0 unspecified atom stereocenters. The fourth-order valence-corrected chi connectivity index (χ4v) is 4.13. The minimum atomic E-state index is -0.930. The third-order valence-electron chi connectivity index (χ3n) is 6.13. The van der Waals surface area contributed by atoms with Gasteiger partial charge in [-0.3, -0.25) is 9.59 Å². The summed E-state index contributed by atoms with van der Waals surface area (Å²) in [7, 11) is 1.61. The second-order valence-electron chi connectivity index (χ2n) is 8.55. The molecule has 1 heterocycles. The molecule has 0 radical (unpaired) electrons. The average molecular weight is 475 g/mol. The Kier molecular flexibility index (Phi) is 8.13. The monoisotopic (exact) mass is 474 g/mol. The van der Waals surface area contributed by atoms with Crippen molar-refractivity contribution in [1.29, 1.82) is 0 Å². The number of aryl methyl sites for hydroxylation is 1. The number of hydrogen-bond donors (Lipinski definition) is 2. The fraction of sp³-hybridized carbons (Fsp3) is 0.286. The lowest BCUT2D eigenvalue weighted by Gasteiger charge is -2.38. The summed E-state index contributed by atoms with van der Waals surface area (Å²) < 4.78 is 10.7. The van der Waals surface area contributed by atoms with E-state index in [-0.39, 0.29) is 25.0 Å². The van der Waals surface area contributed by atoms with Crippen molar-refractivity contribution >= 4 is 17.5 Å². The molecule has 0 aliphatic carbocycles. The van der Waals surface area contributed by atoms with Gasteiger partial charge in [0.25, 0.3) is 0 Å². The van der Waals surface area contributed by atoms with Crippen molar-refractivity contribution in [1.82, 2.24) is 4.90 Å². The number of benzene rings is 3. The number of morpholine rings is 1. The molecule has 35 heavy (non-hydrogen) atoms. The van der Waals surface area contributed by atoms with Gasteiger partial charge in [-0.1, -0.05) is 54.6 Å². The molecule has 0 saturated carbocycles. The van der Waals surface area contributed by atoms with Crippen molar-refractivity contribution in [2.24, 2.45) is 0 Å². The minimum absolute atomic E-state index is 0.00662. The molecule has 7 heteroatoms. The van der Waals surface area contributed by atoms with Crippen LogP contribution in [-0.4, -0.2) is 48.2 Å². The number of aliphatic hydroxyl groups is 1. The van der Waals surface area contributed by atoms with Gasteiger partial charge in [-0.25, -0.2) is 0 Å². The van der Waals surface area contributed by atoms with Crippen LogP contribution in [0.1, 0.15) is 29.2 Å². The molecular weight excluding hydrogens is 444 g/mol. The molecular formula is C28H30N2O5. The van der Waals surface area contributed by atoms with Crippen molar-refractivity contribution in [2.75, 3.05) is 25.6 Å². The Morgan fingerprint density at radius 2 is 1.77 bits per heavy atom. The maximum Gasteiger partial charge on any atom is 0.249 e. The van der Waals surface area contributed by atoms with E-state index in [0.717, 1.165) is 16.9 Å². The number of nitrogens with zero attached hydrogens (tertiary/aromatic N) is 1. The highest BCUT2D eigenvalue weighted by atomic mass is 16.5. The van der Waals surface area contributed by atoms with Crippen LogP contribution in [0, 0.1) is 0 Å². The number of carbonyl (C=O) groups excluding carboxylic acids is 2. The van der Waals surface area contributed by atoms with E-state index in [4.69, 9.17) is 9.47 Å². The van der Waals surface area contributed by atoms with E-state index in [0.29, 0.717) is 30.6 Å². The summed E-state index contributed by atoms with van der Waals surface area (Å²) in [6.45, 7) is 0.595. The zero-order chi connectivity index (χ0) is 24.6. The minimum Gasteiger partial charge on any atom is -0.497 e. The molecule has 2 atom stereocenters. The van der Waals surface area contributed by atoms with E-state index < -0.39 is 12.1 Å². The van der Waals surface area contributed by atoms with E-state index in [1.807, 2.05) is 54.6 Å². The van der Waals surface area contributed by atoms with Gasteiger partial charge >= 0.3 is 0 Å². The predicted octanol–water partition coefficient (Wildman–Crippen LogP) is 3.73. The van der Waals surface area contributed by atoms with Crippen molar-refractivity contribution < 1.29 is 24.2 Å². The van der Waals surface area contributed by atoms with Crippen LogP contribution in [0.3, 0.4) is 0 Å². The Bertz CT molecular complexity index is 1120. The van der Waals surface area contributed by atoms with Gasteiger partial charge in [-0.05, 0) is 47.4 Å². The van der Waals surface area contributed by atoms with Gasteiger partial charge in [0.1, 0.15) is 18.5 Å². The van der Waals surface area contributed by atoms with E-state index in [2.05, 4.69) is 5.32 Å². The summed E-state index contributed by atoms with van der Waals surface area (Å²) in [5.74, 6) is 0.503. The number of nitrogens with one attached hydrogen (secondary N) is 1. The van der Waals surface area contributed by atoms with Gasteiger partial charge in [0.2, 0.25) is 11.8 Å². The molecule has 1 aliphatic rings. The third kappa shape index (κ3) is 6.47. The topological polar surface area (TPSA) is 88.1 Å². The quantitative estimate of drug-likeness (QED) is 0.494. The molecule has 3 aromatic carbocycles. The second kappa shape index (κ2) is 11.6. The zero-order valence-corrected chi connectivity index (χ0v) is 19.7. The number of anilines is 1. The molecule has 0 aromatic heterocycles. The summed E-state index contributed by atoms with van der Waals surface area (Å²) in [4.78, 5) is 26.6. The van der Waals surface area contributed by atoms with E-state index in [9.17, 15) is 14.7 Å². The van der Waals surface area contributed by atoms with E-state index in [1.165, 1.54) is 0 Å². The second-order valence-corrected chi connectivity index (χ2v) is 8.55. The van der Waals surface area contributed by atoms with Crippen molar-refractivity contribution in [3.63, 3.8) is 0 Å². The van der Waals surface area contributed by atoms with Gasteiger partial charge in [-0.2, -0.15) is 0 Å². The van der Waals surface area contributed by atoms with Gasteiger partial charge in [-0.15, -0.1) is 0 Å².